The van der Waals surface area contributed by atoms with Gasteiger partial charge in [-0.3, -0.25) is 19.8 Å². The molecule has 106 valence electrons. The molecule has 7 heteroatoms. The summed E-state index contributed by atoms with van der Waals surface area (Å²) in [6.07, 6.45) is 6.76. The van der Waals surface area contributed by atoms with Gasteiger partial charge in [-0.25, -0.2) is 0 Å². The van der Waals surface area contributed by atoms with Crippen LogP contribution in [0.25, 0.3) is 10.8 Å². The molecule has 1 aromatic carbocycles. The number of pyridine rings is 1. The molecule has 2 aromatic heterocycles. The fraction of sp³-hybridized carbons (Fsp3) is 0.143. The zero-order chi connectivity index (χ0) is 14.8. The van der Waals surface area contributed by atoms with Gasteiger partial charge in [0.1, 0.15) is 0 Å². The summed E-state index contributed by atoms with van der Waals surface area (Å²) in [4.78, 5) is 14.7. The number of anilines is 2. The molecule has 0 bridgehead atoms. The molecule has 0 saturated heterocycles. The van der Waals surface area contributed by atoms with Gasteiger partial charge in [-0.05, 0) is 19.1 Å². The number of nitrogens with zero attached hydrogens (tertiary/aromatic N) is 4. The molecule has 0 spiro atoms. The van der Waals surface area contributed by atoms with E-state index >= 15 is 0 Å². The predicted octanol–water partition coefficient (Wildman–Crippen LogP) is 3.10. The fourth-order valence-corrected chi connectivity index (χ4v) is 2.20. The van der Waals surface area contributed by atoms with E-state index in [0.717, 1.165) is 17.9 Å². The van der Waals surface area contributed by atoms with Crippen LogP contribution in [0.5, 0.6) is 0 Å². The van der Waals surface area contributed by atoms with E-state index in [9.17, 15) is 10.1 Å². The molecule has 3 rings (SSSR count). The number of aromatic nitrogens is 3. The summed E-state index contributed by atoms with van der Waals surface area (Å²) in [6.45, 7) is 2.78. The normalized spacial score (nSPS) is 10.7. The molecular weight excluding hydrogens is 270 g/mol. The monoisotopic (exact) mass is 283 g/mol. The highest BCUT2D eigenvalue weighted by Gasteiger charge is 2.14. The Hall–Kier alpha value is -2.96. The number of hydrogen-bond donors (Lipinski definition) is 1. The van der Waals surface area contributed by atoms with E-state index in [1.54, 1.807) is 35.4 Å². The maximum atomic E-state index is 11.1. The van der Waals surface area contributed by atoms with E-state index in [0.29, 0.717) is 10.8 Å². The van der Waals surface area contributed by atoms with Crippen LogP contribution in [-0.4, -0.2) is 19.7 Å². The minimum atomic E-state index is -0.388. The number of fused-ring (bicyclic) bond motifs is 1. The van der Waals surface area contributed by atoms with Crippen molar-refractivity contribution in [2.45, 2.75) is 13.5 Å². The van der Waals surface area contributed by atoms with Crippen LogP contribution in [0.3, 0.4) is 0 Å². The Kier molecular flexibility index (Phi) is 3.23. The molecule has 0 saturated carbocycles. The zero-order valence-electron chi connectivity index (χ0n) is 11.4. The third kappa shape index (κ3) is 2.40. The lowest BCUT2D eigenvalue weighted by molar-refractivity contribution is -0.383. The van der Waals surface area contributed by atoms with E-state index in [1.807, 2.05) is 13.1 Å². The van der Waals surface area contributed by atoms with Crippen molar-refractivity contribution in [3.8, 4) is 0 Å². The number of nitro benzene ring substituents is 1. The minimum absolute atomic E-state index is 0.0715. The van der Waals surface area contributed by atoms with E-state index in [1.165, 1.54) is 6.07 Å². The Morgan fingerprint density at radius 1 is 1.29 bits per heavy atom. The summed E-state index contributed by atoms with van der Waals surface area (Å²) in [6, 6.07) is 4.83. The summed E-state index contributed by atoms with van der Waals surface area (Å²) in [5.41, 5.74) is 1.66. The van der Waals surface area contributed by atoms with Gasteiger partial charge in [-0.15, -0.1) is 0 Å². The second-order valence-corrected chi connectivity index (χ2v) is 4.52. The molecular formula is C14H13N5O2. The number of nitrogens with one attached hydrogen (secondary N) is 1. The molecule has 0 radical (unpaired) electrons. The Balaban J connectivity index is 2.07. The van der Waals surface area contributed by atoms with Gasteiger partial charge in [0.05, 0.1) is 22.2 Å². The van der Waals surface area contributed by atoms with Gasteiger partial charge in [0.2, 0.25) is 0 Å². The summed E-state index contributed by atoms with van der Waals surface area (Å²) in [7, 11) is 0. The van der Waals surface area contributed by atoms with Crippen LogP contribution in [0.2, 0.25) is 0 Å². The number of aryl methyl sites for hydroxylation is 1. The molecule has 21 heavy (non-hydrogen) atoms. The molecule has 0 aliphatic carbocycles. The van der Waals surface area contributed by atoms with Crippen molar-refractivity contribution >= 4 is 27.8 Å². The molecule has 3 aromatic rings. The van der Waals surface area contributed by atoms with E-state index in [4.69, 9.17) is 0 Å². The van der Waals surface area contributed by atoms with Crippen LogP contribution in [0.15, 0.2) is 43.0 Å². The maximum absolute atomic E-state index is 11.1. The van der Waals surface area contributed by atoms with Gasteiger partial charge in [-0.1, -0.05) is 0 Å². The SMILES string of the molecule is CCn1cc(Nc2ccc([N+](=O)[O-])c3ccncc23)cn1. The second-order valence-electron chi connectivity index (χ2n) is 4.52. The standard InChI is InChI=1S/C14H13N5O2/c1-2-18-9-10(7-16-18)17-13-3-4-14(19(20)21)11-5-6-15-8-12(11)13/h3-9,17H,2H2,1H3. The Bertz CT molecular complexity index is 812. The van der Waals surface area contributed by atoms with Gasteiger partial charge in [0, 0.05) is 42.3 Å². The van der Waals surface area contributed by atoms with Crippen LogP contribution in [0.4, 0.5) is 17.1 Å². The molecule has 0 aliphatic heterocycles. The molecule has 1 N–H and O–H groups in total. The highest BCUT2D eigenvalue weighted by atomic mass is 16.6. The molecule has 2 heterocycles. The molecule has 0 amide bonds. The average Bonchev–Trinajstić information content (AvgIpc) is 2.95. The van der Waals surface area contributed by atoms with Crippen molar-refractivity contribution in [1.29, 1.82) is 0 Å². The topological polar surface area (TPSA) is 85.9 Å². The van der Waals surface area contributed by atoms with Gasteiger partial charge >= 0.3 is 0 Å². The lowest BCUT2D eigenvalue weighted by Gasteiger charge is -2.08. The summed E-state index contributed by atoms with van der Waals surface area (Å²) < 4.78 is 1.80. The van der Waals surface area contributed by atoms with Crippen LogP contribution in [0.1, 0.15) is 6.92 Å². The fourth-order valence-electron chi connectivity index (χ4n) is 2.20. The zero-order valence-corrected chi connectivity index (χ0v) is 11.4. The Labute approximate surface area is 120 Å². The molecule has 0 fully saturated rings. The Morgan fingerprint density at radius 2 is 2.14 bits per heavy atom. The van der Waals surface area contributed by atoms with Crippen LogP contribution >= 0.6 is 0 Å². The van der Waals surface area contributed by atoms with Crippen molar-refractivity contribution in [2.75, 3.05) is 5.32 Å². The van der Waals surface area contributed by atoms with Crippen molar-refractivity contribution in [3.63, 3.8) is 0 Å². The first-order valence-corrected chi connectivity index (χ1v) is 6.49. The molecule has 7 nitrogen and oxygen atoms in total. The molecule has 0 atom stereocenters. The van der Waals surface area contributed by atoms with Crippen molar-refractivity contribution in [3.05, 3.63) is 53.1 Å². The third-order valence-electron chi connectivity index (χ3n) is 3.23. The van der Waals surface area contributed by atoms with Crippen molar-refractivity contribution < 1.29 is 4.92 Å². The second kappa shape index (κ2) is 5.20. The van der Waals surface area contributed by atoms with E-state index < -0.39 is 0 Å². The van der Waals surface area contributed by atoms with Crippen LogP contribution in [-0.2, 0) is 6.54 Å². The van der Waals surface area contributed by atoms with Crippen LogP contribution in [0, 0.1) is 10.1 Å². The highest BCUT2D eigenvalue weighted by Crippen LogP contribution is 2.32. The summed E-state index contributed by atoms with van der Waals surface area (Å²) >= 11 is 0. The first-order chi connectivity index (χ1) is 10.2. The first kappa shape index (κ1) is 13.0. The number of hydrogen-bond acceptors (Lipinski definition) is 5. The number of nitro groups is 1. The molecule has 0 unspecified atom stereocenters. The van der Waals surface area contributed by atoms with Gasteiger partial charge in [0.25, 0.3) is 5.69 Å². The maximum Gasteiger partial charge on any atom is 0.277 e. The van der Waals surface area contributed by atoms with Crippen LogP contribution < -0.4 is 5.32 Å². The van der Waals surface area contributed by atoms with Gasteiger partial charge in [0.15, 0.2) is 0 Å². The minimum Gasteiger partial charge on any atom is -0.352 e. The Morgan fingerprint density at radius 3 is 2.86 bits per heavy atom. The molecule has 0 aliphatic rings. The van der Waals surface area contributed by atoms with Gasteiger partial charge in [-0.2, -0.15) is 5.10 Å². The third-order valence-corrected chi connectivity index (χ3v) is 3.23. The lowest BCUT2D eigenvalue weighted by atomic mass is 10.1. The van der Waals surface area contributed by atoms with Crippen molar-refractivity contribution in [1.82, 2.24) is 14.8 Å². The smallest absolute Gasteiger partial charge is 0.277 e. The number of rotatable bonds is 4. The first-order valence-electron chi connectivity index (χ1n) is 6.49. The predicted molar refractivity (Wildman–Crippen MR) is 79.6 cm³/mol. The summed E-state index contributed by atoms with van der Waals surface area (Å²) in [5.74, 6) is 0. The van der Waals surface area contributed by atoms with E-state index in [-0.39, 0.29) is 10.6 Å². The lowest BCUT2D eigenvalue weighted by Crippen LogP contribution is -1.95. The summed E-state index contributed by atoms with van der Waals surface area (Å²) in [5, 5.41) is 19.7. The van der Waals surface area contributed by atoms with Gasteiger partial charge < -0.3 is 5.32 Å². The average molecular weight is 283 g/mol. The largest absolute Gasteiger partial charge is 0.352 e. The van der Waals surface area contributed by atoms with Crippen molar-refractivity contribution in [2.24, 2.45) is 0 Å². The quantitative estimate of drug-likeness (QED) is 0.587. The number of non-ortho nitro benzene ring substituents is 1. The van der Waals surface area contributed by atoms with E-state index in [2.05, 4.69) is 15.4 Å². The number of benzene rings is 1. The highest BCUT2D eigenvalue weighted by molar-refractivity contribution is 6.00.